The van der Waals surface area contributed by atoms with Gasteiger partial charge >= 0.3 is 0 Å². The Hall–Kier alpha value is -9.24. The first-order valence-corrected chi connectivity index (χ1v) is 26.5. The minimum atomic E-state index is -0.579. The SMILES string of the molecule is C=Cc1ccc(C2=CCC3(C)C(=C2)c2cc(-c4ccc(N(c5ccc(-c6ccccc6)cc5)c5ccc6c(c5)C(c5ccc(C=C)cc5)(c5cc(C)ccc5C)c5ccccc5-6)cc4)ccc2N3c2ccccc2)cc1. The number of para-hydroxylation sites is 1. The number of allylic oxidation sites excluding steroid dienone is 2. The first kappa shape index (κ1) is 46.5. The molecule has 0 spiro atoms. The molecule has 0 saturated carbocycles. The van der Waals surface area contributed by atoms with E-state index in [1.54, 1.807) is 0 Å². The van der Waals surface area contributed by atoms with Crippen LogP contribution in [0.5, 0.6) is 0 Å². The second-order valence-electron chi connectivity index (χ2n) is 20.9. The zero-order valence-corrected chi connectivity index (χ0v) is 43.3. The zero-order chi connectivity index (χ0) is 51.5. The summed E-state index contributed by atoms with van der Waals surface area (Å²) in [6, 6.07) is 87.8. The van der Waals surface area contributed by atoms with Crippen LogP contribution in [0.3, 0.4) is 0 Å². The van der Waals surface area contributed by atoms with Crippen molar-refractivity contribution >= 4 is 51.7 Å². The second kappa shape index (κ2) is 18.6. The Morgan fingerprint density at radius 2 is 1.03 bits per heavy atom. The fraction of sp³-hybridized carbons (Fsp3) is 0.0811. The van der Waals surface area contributed by atoms with Gasteiger partial charge in [0, 0.05) is 34.0 Å². The molecule has 364 valence electrons. The number of hydrogen-bond donors (Lipinski definition) is 0. The van der Waals surface area contributed by atoms with Crippen LogP contribution >= 0.6 is 0 Å². The highest BCUT2D eigenvalue weighted by atomic mass is 15.2. The molecule has 0 amide bonds. The lowest BCUT2D eigenvalue weighted by molar-refractivity contribution is 0.608. The maximum absolute atomic E-state index is 4.11. The number of benzene rings is 10. The second-order valence-corrected chi connectivity index (χ2v) is 20.9. The third-order valence-corrected chi connectivity index (χ3v) is 16.5. The number of nitrogens with zero attached hydrogens (tertiary/aromatic N) is 2. The maximum atomic E-state index is 4.11. The summed E-state index contributed by atoms with van der Waals surface area (Å²) >= 11 is 0. The minimum Gasteiger partial charge on any atom is -0.331 e. The van der Waals surface area contributed by atoms with E-state index in [9.17, 15) is 0 Å². The normalized spacial score (nSPS) is 16.9. The Morgan fingerprint density at radius 3 is 1.71 bits per heavy atom. The average molecular weight is 975 g/mol. The van der Waals surface area contributed by atoms with Crippen LogP contribution in [0.15, 0.2) is 262 Å². The van der Waals surface area contributed by atoms with Crippen LogP contribution < -0.4 is 9.80 Å². The summed E-state index contributed by atoms with van der Waals surface area (Å²) in [6.45, 7) is 15.0. The summed E-state index contributed by atoms with van der Waals surface area (Å²) < 4.78 is 0. The zero-order valence-electron chi connectivity index (χ0n) is 43.3. The van der Waals surface area contributed by atoms with Gasteiger partial charge in [-0.15, -0.1) is 0 Å². The first-order chi connectivity index (χ1) is 37.2. The third kappa shape index (κ3) is 7.55. The van der Waals surface area contributed by atoms with E-state index in [0.29, 0.717) is 0 Å². The lowest BCUT2D eigenvalue weighted by Gasteiger charge is -2.39. The molecule has 0 aromatic heterocycles. The van der Waals surface area contributed by atoms with Crippen LogP contribution in [0.2, 0.25) is 0 Å². The standard InChI is InChI=1S/C74H58N2/c1-6-52-24-28-56(29-25-52)59-44-45-73(5)70(48-59)67-47-58(34-43-72(67)76(73)63-18-12-9-13-19-63)57-32-39-62(40-33-57)75(61-37-30-55(31-38-61)54-16-10-8-11-17-54)64-41-42-66-65-20-14-15-21-68(65)74(71(66)49-64,60-35-26-53(7-2)27-36-60)69-46-50(3)22-23-51(69)4/h6-44,46-49H,1-2,45H2,3-5H3. The van der Waals surface area contributed by atoms with Crippen molar-refractivity contribution in [2.75, 3.05) is 9.80 Å². The van der Waals surface area contributed by atoms with Gasteiger partial charge in [-0.2, -0.15) is 0 Å². The molecule has 2 heteroatoms. The number of fused-ring (bicyclic) bond motifs is 6. The molecule has 0 N–H and O–H groups in total. The van der Waals surface area contributed by atoms with E-state index in [1.807, 2.05) is 12.2 Å². The smallest absolute Gasteiger partial charge is 0.0716 e. The van der Waals surface area contributed by atoms with E-state index in [-0.39, 0.29) is 5.54 Å². The Morgan fingerprint density at radius 1 is 0.461 bits per heavy atom. The molecule has 10 aromatic rings. The van der Waals surface area contributed by atoms with Crippen molar-refractivity contribution in [3.05, 3.63) is 318 Å². The molecular formula is C74H58N2. The number of rotatable bonds is 11. The van der Waals surface area contributed by atoms with E-state index >= 15 is 0 Å². The molecule has 0 saturated heterocycles. The van der Waals surface area contributed by atoms with Crippen molar-refractivity contribution in [1.82, 2.24) is 0 Å². The number of hydrogen-bond acceptors (Lipinski definition) is 2. The quantitative estimate of drug-likeness (QED) is 0.127. The Balaban J connectivity index is 0.953. The molecule has 13 rings (SSSR count). The summed E-state index contributed by atoms with van der Waals surface area (Å²) in [5.41, 5.74) is 27.0. The lowest BCUT2D eigenvalue weighted by atomic mass is 9.66. The predicted octanol–water partition coefficient (Wildman–Crippen LogP) is 19.5. The Bertz CT molecular complexity index is 3940. The monoisotopic (exact) mass is 974 g/mol. The molecule has 76 heavy (non-hydrogen) atoms. The molecule has 1 heterocycles. The van der Waals surface area contributed by atoms with Crippen molar-refractivity contribution in [2.45, 2.75) is 38.1 Å². The Labute approximate surface area is 448 Å². The lowest BCUT2D eigenvalue weighted by Crippen LogP contribution is -2.40. The van der Waals surface area contributed by atoms with Gasteiger partial charge in [-0.05, 0) is 183 Å². The van der Waals surface area contributed by atoms with Gasteiger partial charge in [0.05, 0.1) is 11.0 Å². The van der Waals surface area contributed by atoms with Gasteiger partial charge in [0.2, 0.25) is 0 Å². The molecular weight excluding hydrogens is 917 g/mol. The largest absolute Gasteiger partial charge is 0.331 e. The summed E-state index contributed by atoms with van der Waals surface area (Å²) in [5, 5.41) is 0. The fourth-order valence-corrected chi connectivity index (χ4v) is 12.6. The summed E-state index contributed by atoms with van der Waals surface area (Å²) in [6.07, 6.45) is 9.57. The van der Waals surface area contributed by atoms with Crippen molar-refractivity contribution in [3.63, 3.8) is 0 Å². The van der Waals surface area contributed by atoms with Gasteiger partial charge in [-0.25, -0.2) is 0 Å². The molecule has 2 unspecified atom stereocenters. The van der Waals surface area contributed by atoms with Gasteiger partial charge in [0.25, 0.3) is 0 Å². The minimum absolute atomic E-state index is 0.255. The molecule has 2 aliphatic carbocycles. The van der Waals surface area contributed by atoms with Gasteiger partial charge in [-0.3, -0.25) is 0 Å². The van der Waals surface area contributed by atoms with Crippen LogP contribution in [0.1, 0.15) is 69.0 Å². The van der Waals surface area contributed by atoms with E-state index in [2.05, 4.69) is 292 Å². The summed E-state index contributed by atoms with van der Waals surface area (Å²) in [7, 11) is 0. The first-order valence-electron chi connectivity index (χ1n) is 26.5. The van der Waals surface area contributed by atoms with Gasteiger partial charge in [0.15, 0.2) is 0 Å². The highest BCUT2D eigenvalue weighted by Crippen LogP contribution is 2.59. The maximum Gasteiger partial charge on any atom is 0.0716 e. The molecule has 0 bridgehead atoms. The molecule has 2 atom stereocenters. The third-order valence-electron chi connectivity index (χ3n) is 16.5. The topological polar surface area (TPSA) is 6.48 Å². The van der Waals surface area contributed by atoms with Crippen LogP contribution in [0, 0.1) is 13.8 Å². The Kier molecular flexibility index (Phi) is 11.4. The number of aryl methyl sites for hydroxylation is 2. The van der Waals surface area contributed by atoms with Crippen molar-refractivity contribution in [1.29, 1.82) is 0 Å². The van der Waals surface area contributed by atoms with E-state index < -0.39 is 5.41 Å². The summed E-state index contributed by atoms with van der Waals surface area (Å²) in [5.74, 6) is 0. The predicted molar refractivity (Wildman–Crippen MR) is 323 cm³/mol. The summed E-state index contributed by atoms with van der Waals surface area (Å²) in [4.78, 5) is 4.99. The van der Waals surface area contributed by atoms with Gasteiger partial charge in [-0.1, -0.05) is 213 Å². The van der Waals surface area contributed by atoms with Crippen molar-refractivity contribution < 1.29 is 0 Å². The highest BCUT2D eigenvalue weighted by Gasteiger charge is 2.48. The van der Waals surface area contributed by atoms with E-state index in [1.165, 1.54) is 100 Å². The highest BCUT2D eigenvalue weighted by molar-refractivity contribution is 6.02. The van der Waals surface area contributed by atoms with Crippen LogP contribution in [0.25, 0.3) is 56.7 Å². The molecule has 0 fully saturated rings. The molecule has 0 radical (unpaired) electrons. The average Bonchev–Trinajstić information content (AvgIpc) is 3.93. The van der Waals surface area contributed by atoms with E-state index in [4.69, 9.17) is 0 Å². The van der Waals surface area contributed by atoms with Gasteiger partial charge in [0.1, 0.15) is 0 Å². The molecule has 3 aliphatic rings. The van der Waals surface area contributed by atoms with E-state index in [0.717, 1.165) is 34.6 Å². The fourth-order valence-electron chi connectivity index (χ4n) is 12.6. The molecule has 10 aromatic carbocycles. The molecule has 1 aliphatic heterocycles. The van der Waals surface area contributed by atoms with Crippen molar-refractivity contribution in [2.24, 2.45) is 0 Å². The van der Waals surface area contributed by atoms with Gasteiger partial charge < -0.3 is 9.80 Å². The van der Waals surface area contributed by atoms with Crippen LogP contribution in [-0.4, -0.2) is 5.54 Å². The van der Waals surface area contributed by atoms with Crippen LogP contribution in [0.4, 0.5) is 28.4 Å². The molecule has 2 nitrogen and oxygen atoms in total. The number of anilines is 5. The van der Waals surface area contributed by atoms with Crippen molar-refractivity contribution in [3.8, 4) is 33.4 Å². The van der Waals surface area contributed by atoms with Crippen LogP contribution in [-0.2, 0) is 5.41 Å².